The van der Waals surface area contributed by atoms with Gasteiger partial charge in [0.2, 0.25) is 0 Å². The number of aromatic nitrogens is 1. The van der Waals surface area contributed by atoms with E-state index in [0.717, 1.165) is 19.4 Å². The number of pyridine rings is 1. The number of anilines is 1. The third-order valence-corrected chi connectivity index (χ3v) is 4.74. The molecule has 0 spiro atoms. The van der Waals surface area contributed by atoms with Crippen molar-refractivity contribution in [2.75, 3.05) is 12.3 Å². The van der Waals surface area contributed by atoms with Crippen molar-refractivity contribution in [3.8, 4) is 0 Å². The number of fused-ring (bicyclic) bond motifs is 1. The van der Waals surface area contributed by atoms with E-state index in [-0.39, 0.29) is 11.9 Å². The average Bonchev–Trinajstić information content (AvgIpc) is 2.94. The maximum atomic E-state index is 12.6. The molecule has 0 saturated heterocycles. The van der Waals surface area contributed by atoms with Crippen LogP contribution in [0, 0.1) is 0 Å². The summed E-state index contributed by atoms with van der Waals surface area (Å²) in [5.41, 5.74) is 7.97. The zero-order valence-corrected chi connectivity index (χ0v) is 12.2. The van der Waals surface area contributed by atoms with Crippen molar-refractivity contribution < 1.29 is 4.79 Å². The number of amides is 1. The molecular formula is C15H17N3OS. The van der Waals surface area contributed by atoms with Crippen LogP contribution < -0.4 is 5.73 Å². The number of nitrogens with two attached hydrogens (primary N) is 1. The molecule has 104 valence electrons. The third kappa shape index (κ3) is 2.18. The minimum absolute atomic E-state index is 0.00583. The smallest absolute Gasteiger partial charge is 0.272 e. The summed E-state index contributed by atoms with van der Waals surface area (Å²) in [4.78, 5) is 20.1. The molecule has 20 heavy (non-hydrogen) atoms. The lowest BCUT2D eigenvalue weighted by atomic mass is 9.97. The maximum Gasteiger partial charge on any atom is 0.272 e. The first kappa shape index (κ1) is 13.1. The summed E-state index contributed by atoms with van der Waals surface area (Å²) in [5.74, 6) is -0.00583. The molecular weight excluding hydrogens is 270 g/mol. The van der Waals surface area contributed by atoms with E-state index < -0.39 is 0 Å². The van der Waals surface area contributed by atoms with Crippen LogP contribution in [0.3, 0.4) is 0 Å². The van der Waals surface area contributed by atoms with Crippen molar-refractivity contribution in [3.05, 3.63) is 45.9 Å². The van der Waals surface area contributed by atoms with Gasteiger partial charge in [0.15, 0.2) is 0 Å². The number of nitrogen functional groups attached to an aromatic ring is 1. The predicted molar refractivity (Wildman–Crippen MR) is 80.7 cm³/mol. The summed E-state index contributed by atoms with van der Waals surface area (Å²) in [7, 11) is 0. The normalized spacial score (nSPS) is 17.9. The Labute approximate surface area is 122 Å². The Morgan fingerprint density at radius 1 is 1.50 bits per heavy atom. The Bertz CT molecular complexity index is 620. The Kier molecular flexibility index (Phi) is 3.44. The molecule has 2 aromatic rings. The van der Waals surface area contributed by atoms with Gasteiger partial charge in [-0.05, 0) is 42.0 Å². The van der Waals surface area contributed by atoms with E-state index in [0.29, 0.717) is 11.4 Å². The number of hydrogen-bond acceptors (Lipinski definition) is 4. The first-order valence-corrected chi connectivity index (χ1v) is 7.67. The summed E-state index contributed by atoms with van der Waals surface area (Å²) in [6, 6.07) is 5.73. The molecule has 0 radical (unpaired) electrons. The number of carbonyl (C=O) groups is 1. The molecule has 0 aliphatic carbocycles. The van der Waals surface area contributed by atoms with Gasteiger partial charge in [0.05, 0.1) is 17.9 Å². The molecule has 1 aliphatic heterocycles. The van der Waals surface area contributed by atoms with E-state index in [1.54, 1.807) is 23.5 Å². The number of nitrogens with zero attached hydrogens (tertiary/aromatic N) is 2. The highest BCUT2D eigenvalue weighted by Crippen LogP contribution is 2.35. The molecule has 0 bridgehead atoms. The second-order valence-corrected chi connectivity index (χ2v) is 5.95. The molecule has 5 heteroatoms. The van der Waals surface area contributed by atoms with Crippen LogP contribution in [-0.2, 0) is 6.42 Å². The fraction of sp³-hybridized carbons (Fsp3) is 0.333. The maximum absolute atomic E-state index is 12.6. The molecule has 1 aliphatic rings. The fourth-order valence-corrected chi connectivity index (χ4v) is 3.69. The van der Waals surface area contributed by atoms with Gasteiger partial charge in [0.1, 0.15) is 5.69 Å². The van der Waals surface area contributed by atoms with Gasteiger partial charge in [-0.25, -0.2) is 4.98 Å². The van der Waals surface area contributed by atoms with E-state index in [9.17, 15) is 4.79 Å². The average molecular weight is 287 g/mol. The zero-order valence-electron chi connectivity index (χ0n) is 11.4. The highest BCUT2D eigenvalue weighted by molar-refractivity contribution is 7.10. The summed E-state index contributed by atoms with van der Waals surface area (Å²) in [5, 5.41) is 2.11. The Hall–Kier alpha value is -1.88. The molecule has 0 saturated carbocycles. The van der Waals surface area contributed by atoms with Gasteiger partial charge in [0.25, 0.3) is 5.91 Å². The van der Waals surface area contributed by atoms with E-state index in [2.05, 4.69) is 23.4 Å². The first-order chi connectivity index (χ1) is 9.70. The van der Waals surface area contributed by atoms with Crippen LogP contribution in [0.25, 0.3) is 0 Å². The molecule has 4 nitrogen and oxygen atoms in total. The van der Waals surface area contributed by atoms with Crippen molar-refractivity contribution >= 4 is 22.9 Å². The quantitative estimate of drug-likeness (QED) is 0.924. The minimum atomic E-state index is -0.00583. The van der Waals surface area contributed by atoms with Gasteiger partial charge in [-0.1, -0.05) is 6.92 Å². The first-order valence-electron chi connectivity index (χ1n) is 6.79. The van der Waals surface area contributed by atoms with Crippen LogP contribution in [0.5, 0.6) is 0 Å². The van der Waals surface area contributed by atoms with E-state index in [1.165, 1.54) is 16.6 Å². The van der Waals surface area contributed by atoms with Crippen LogP contribution in [0.4, 0.5) is 5.69 Å². The molecule has 1 unspecified atom stereocenters. The van der Waals surface area contributed by atoms with E-state index >= 15 is 0 Å². The molecule has 2 aromatic heterocycles. The SMILES string of the molecule is CCC1c2ccsc2CCN1C(=O)c1ccc(N)cn1. The van der Waals surface area contributed by atoms with Crippen molar-refractivity contribution in [1.82, 2.24) is 9.88 Å². The van der Waals surface area contributed by atoms with Gasteiger partial charge in [-0.3, -0.25) is 4.79 Å². The Balaban J connectivity index is 1.90. The van der Waals surface area contributed by atoms with Crippen LogP contribution in [0.1, 0.15) is 40.3 Å². The summed E-state index contributed by atoms with van der Waals surface area (Å²) in [6.07, 6.45) is 3.39. The van der Waals surface area contributed by atoms with Gasteiger partial charge in [-0.15, -0.1) is 11.3 Å². The van der Waals surface area contributed by atoms with Crippen LogP contribution in [0.15, 0.2) is 29.8 Å². The Morgan fingerprint density at radius 3 is 3.05 bits per heavy atom. The number of carbonyl (C=O) groups excluding carboxylic acids is 1. The fourth-order valence-electron chi connectivity index (χ4n) is 2.76. The lowest BCUT2D eigenvalue weighted by Crippen LogP contribution is -2.39. The lowest BCUT2D eigenvalue weighted by molar-refractivity contribution is 0.0651. The van der Waals surface area contributed by atoms with Gasteiger partial charge in [-0.2, -0.15) is 0 Å². The van der Waals surface area contributed by atoms with Crippen LogP contribution in [0.2, 0.25) is 0 Å². The largest absolute Gasteiger partial charge is 0.397 e. The lowest BCUT2D eigenvalue weighted by Gasteiger charge is -2.35. The van der Waals surface area contributed by atoms with Crippen LogP contribution in [-0.4, -0.2) is 22.3 Å². The number of rotatable bonds is 2. The number of thiophene rings is 1. The third-order valence-electron chi connectivity index (χ3n) is 3.75. The second kappa shape index (κ2) is 5.25. The standard InChI is InChI=1S/C15H17N3OS/c1-2-13-11-6-8-20-14(11)5-7-18(13)15(19)12-4-3-10(16)9-17-12/h3-4,6,8-9,13H,2,5,7,16H2,1H3. The van der Waals surface area contributed by atoms with E-state index in [4.69, 9.17) is 5.73 Å². The summed E-state index contributed by atoms with van der Waals surface area (Å²) < 4.78 is 0. The Morgan fingerprint density at radius 2 is 2.35 bits per heavy atom. The van der Waals surface area contributed by atoms with Crippen LogP contribution >= 0.6 is 11.3 Å². The summed E-state index contributed by atoms with van der Waals surface area (Å²) in [6.45, 7) is 2.88. The highest BCUT2D eigenvalue weighted by atomic mass is 32.1. The zero-order chi connectivity index (χ0) is 14.1. The van der Waals surface area contributed by atoms with E-state index in [1.807, 2.05) is 4.90 Å². The predicted octanol–water partition coefficient (Wildman–Crippen LogP) is 2.87. The van der Waals surface area contributed by atoms with Crippen molar-refractivity contribution in [2.24, 2.45) is 0 Å². The topological polar surface area (TPSA) is 59.2 Å². The van der Waals surface area contributed by atoms with Crippen molar-refractivity contribution in [3.63, 3.8) is 0 Å². The molecule has 1 amide bonds. The molecule has 2 N–H and O–H groups in total. The molecule has 3 heterocycles. The van der Waals surface area contributed by atoms with Crippen molar-refractivity contribution in [2.45, 2.75) is 25.8 Å². The molecule has 0 aromatic carbocycles. The minimum Gasteiger partial charge on any atom is -0.397 e. The molecule has 3 rings (SSSR count). The summed E-state index contributed by atoms with van der Waals surface area (Å²) >= 11 is 1.79. The highest BCUT2D eigenvalue weighted by Gasteiger charge is 2.31. The second-order valence-electron chi connectivity index (χ2n) is 4.95. The molecule has 1 atom stereocenters. The van der Waals surface area contributed by atoms with Crippen molar-refractivity contribution in [1.29, 1.82) is 0 Å². The van der Waals surface area contributed by atoms with Gasteiger partial charge < -0.3 is 10.6 Å². The van der Waals surface area contributed by atoms with Gasteiger partial charge >= 0.3 is 0 Å². The molecule has 0 fully saturated rings. The number of hydrogen-bond donors (Lipinski definition) is 1. The van der Waals surface area contributed by atoms with Gasteiger partial charge in [0, 0.05) is 11.4 Å². The monoisotopic (exact) mass is 287 g/mol.